The summed E-state index contributed by atoms with van der Waals surface area (Å²) < 4.78 is 0.266. The van der Waals surface area contributed by atoms with Crippen molar-refractivity contribution in [2.24, 2.45) is 0 Å². The average molecular weight is 209 g/mol. The molecule has 0 spiro atoms. The van der Waals surface area contributed by atoms with E-state index in [2.05, 4.69) is 15.2 Å². The van der Waals surface area contributed by atoms with Gasteiger partial charge >= 0.3 is 0 Å². The third-order valence-electron chi connectivity index (χ3n) is 1.76. The van der Waals surface area contributed by atoms with Gasteiger partial charge in [-0.15, -0.1) is 0 Å². The second-order valence-corrected chi connectivity index (χ2v) is 3.07. The number of aromatic amines is 2. The van der Waals surface area contributed by atoms with Crippen LogP contribution in [0.1, 0.15) is 0 Å². The minimum Gasteiger partial charge on any atom is -0.507 e. The van der Waals surface area contributed by atoms with Crippen molar-refractivity contribution in [2.75, 3.05) is 0 Å². The Morgan fingerprint density at radius 2 is 1.79 bits per heavy atom. The van der Waals surface area contributed by atoms with Crippen LogP contribution in [0.2, 0.25) is 0 Å². The zero-order valence-corrected chi connectivity index (χ0v) is 7.80. The summed E-state index contributed by atoms with van der Waals surface area (Å²) in [5.74, 6) is 0.205. The van der Waals surface area contributed by atoms with Gasteiger partial charge in [-0.1, -0.05) is 6.07 Å². The van der Waals surface area contributed by atoms with Crippen molar-refractivity contribution in [1.82, 2.24) is 15.2 Å². The number of phenols is 2. The number of hydrogen-bond donors (Lipinski definition) is 4. The fraction of sp³-hybridized carbons (Fsp3) is 0. The monoisotopic (exact) mass is 209 g/mol. The summed E-state index contributed by atoms with van der Waals surface area (Å²) in [5, 5.41) is 24.2. The van der Waals surface area contributed by atoms with E-state index in [9.17, 15) is 10.2 Å². The van der Waals surface area contributed by atoms with Gasteiger partial charge in [-0.05, 0) is 24.4 Å². The minimum atomic E-state index is -0.0530. The van der Waals surface area contributed by atoms with E-state index in [0.29, 0.717) is 5.82 Å². The van der Waals surface area contributed by atoms with Gasteiger partial charge in [0.2, 0.25) is 4.77 Å². The zero-order chi connectivity index (χ0) is 10.1. The molecule has 0 amide bonds. The second kappa shape index (κ2) is 3.15. The predicted octanol–water partition coefficient (Wildman–Crippen LogP) is 1.55. The first-order valence-electron chi connectivity index (χ1n) is 3.84. The Bertz CT molecular complexity index is 497. The average Bonchev–Trinajstić information content (AvgIpc) is 2.51. The molecule has 1 aromatic heterocycles. The maximum absolute atomic E-state index is 9.49. The van der Waals surface area contributed by atoms with Crippen LogP contribution in [0.25, 0.3) is 11.4 Å². The van der Waals surface area contributed by atoms with Crippen molar-refractivity contribution < 1.29 is 10.2 Å². The van der Waals surface area contributed by atoms with Gasteiger partial charge in [0.05, 0.1) is 0 Å². The van der Waals surface area contributed by atoms with Gasteiger partial charge in [-0.25, -0.2) is 0 Å². The standard InChI is InChI=1S/C8H7N3O2S/c12-4-2-1-3-5(13)6(4)7-9-8(14)11-10-7/h1-3,12-13H,(H2,9,10,11,14). The van der Waals surface area contributed by atoms with E-state index < -0.39 is 0 Å². The Kier molecular flexibility index (Phi) is 1.97. The normalized spacial score (nSPS) is 10.3. The lowest BCUT2D eigenvalue weighted by Gasteiger charge is -2.02. The lowest BCUT2D eigenvalue weighted by molar-refractivity contribution is 0.453. The number of hydrogen-bond acceptors (Lipinski definition) is 4. The van der Waals surface area contributed by atoms with Crippen LogP contribution in [0.4, 0.5) is 0 Å². The van der Waals surface area contributed by atoms with Crippen LogP contribution in [0.5, 0.6) is 11.5 Å². The minimum absolute atomic E-state index is 0.0530. The molecule has 5 nitrogen and oxygen atoms in total. The van der Waals surface area contributed by atoms with Crippen LogP contribution in [0.3, 0.4) is 0 Å². The van der Waals surface area contributed by atoms with Gasteiger partial charge in [0.15, 0.2) is 5.82 Å². The first-order valence-corrected chi connectivity index (χ1v) is 4.25. The van der Waals surface area contributed by atoms with Gasteiger partial charge < -0.3 is 10.2 Å². The molecule has 4 N–H and O–H groups in total. The quantitative estimate of drug-likeness (QED) is 0.537. The number of H-pyrrole nitrogens is 2. The number of aromatic nitrogens is 3. The van der Waals surface area contributed by atoms with Crippen molar-refractivity contribution in [3.05, 3.63) is 23.0 Å². The number of nitrogens with one attached hydrogen (secondary N) is 2. The lowest BCUT2D eigenvalue weighted by atomic mass is 10.1. The zero-order valence-electron chi connectivity index (χ0n) is 6.98. The molecular weight excluding hydrogens is 202 g/mol. The Morgan fingerprint density at radius 1 is 1.14 bits per heavy atom. The molecule has 0 bridgehead atoms. The van der Waals surface area contributed by atoms with Crippen LogP contribution in [-0.2, 0) is 0 Å². The number of benzene rings is 1. The Balaban J connectivity index is 2.67. The number of rotatable bonds is 1. The molecule has 0 atom stereocenters. The summed E-state index contributed by atoms with van der Waals surface area (Å²) >= 11 is 4.76. The summed E-state index contributed by atoms with van der Waals surface area (Å²) in [4.78, 5) is 3.89. The molecule has 1 aromatic carbocycles. The Morgan fingerprint density at radius 3 is 2.29 bits per heavy atom. The van der Waals surface area contributed by atoms with Gasteiger partial charge in [-0.3, -0.25) is 10.2 Å². The van der Waals surface area contributed by atoms with Crippen LogP contribution in [0, 0.1) is 4.77 Å². The fourth-order valence-corrected chi connectivity index (χ4v) is 1.30. The largest absolute Gasteiger partial charge is 0.507 e. The molecule has 0 saturated heterocycles. The number of phenolic OH excluding ortho intramolecular Hbond substituents is 2. The van der Waals surface area contributed by atoms with Crippen molar-refractivity contribution >= 4 is 12.2 Å². The van der Waals surface area contributed by atoms with E-state index in [0.717, 1.165) is 0 Å². The number of nitrogens with zero attached hydrogens (tertiary/aromatic N) is 1. The number of aromatic hydroxyl groups is 2. The molecule has 0 fully saturated rings. The molecular formula is C8H7N3O2S. The Hall–Kier alpha value is -1.82. The summed E-state index contributed by atoms with van der Waals surface area (Å²) in [6, 6.07) is 4.46. The maximum Gasteiger partial charge on any atom is 0.213 e. The van der Waals surface area contributed by atoms with Crippen molar-refractivity contribution in [2.45, 2.75) is 0 Å². The third kappa shape index (κ3) is 1.35. The Labute approximate surface area is 84.1 Å². The topological polar surface area (TPSA) is 84.9 Å². The fourth-order valence-electron chi connectivity index (χ4n) is 1.16. The van der Waals surface area contributed by atoms with Crippen molar-refractivity contribution in [3.63, 3.8) is 0 Å². The molecule has 0 saturated carbocycles. The highest BCUT2D eigenvalue weighted by Gasteiger charge is 2.11. The van der Waals surface area contributed by atoms with Crippen LogP contribution in [-0.4, -0.2) is 25.4 Å². The first-order chi connectivity index (χ1) is 6.68. The molecule has 0 radical (unpaired) electrons. The smallest absolute Gasteiger partial charge is 0.213 e. The van der Waals surface area contributed by atoms with Crippen LogP contribution >= 0.6 is 12.2 Å². The molecule has 6 heteroatoms. The van der Waals surface area contributed by atoms with E-state index in [1.54, 1.807) is 0 Å². The molecule has 2 rings (SSSR count). The van der Waals surface area contributed by atoms with E-state index in [4.69, 9.17) is 12.2 Å². The molecule has 2 aromatic rings. The molecule has 0 unspecified atom stereocenters. The van der Waals surface area contributed by atoms with Crippen LogP contribution in [0.15, 0.2) is 18.2 Å². The second-order valence-electron chi connectivity index (χ2n) is 2.69. The summed E-state index contributed by atoms with van der Waals surface area (Å²) in [5.41, 5.74) is 0.236. The highest BCUT2D eigenvalue weighted by Crippen LogP contribution is 2.34. The molecule has 14 heavy (non-hydrogen) atoms. The van der Waals surface area contributed by atoms with E-state index >= 15 is 0 Å². The van der Waals surface area contributed by atoms with Crippen molar-refractivity contribution in [3.8, 4) is 22.9 Å². The third-order valence-corrected chi connectivity index (χ3v) is 1.95. The summed E-state index contributed by atoms with van der Waals surface area (Å²) in [6.45, 7) is 0. The molecule has 1 heterocycles. The van der Waals surface area contributed by atoms with E-state index in [-0.39, 0.29) is 21.8 Å². The molecule has 0 aliphatic carbocycles. The first kappa shape index (κ1) is 8.76. The highest BCUT2D eigenvalue weighted by molar-refractivity contribution is 7.71. The highest BCUT2D eigenvalue weighted by atomic mass is 32.1. The molecule has 0 aliphatic heterocycles. The predicted molar refractivity (Wildman–Crippen MR) is 52.5 cm³/mol. The van der Waals surface area contributed by atoms with Gasteiger partial charge in [0, 0.05) is 0 Å². The molecule has 72 valence electrons. The SMILES string of the molecule is Oc1cccc(O)c1-c1nc(=S)[nH][nH]1. The van der Waals surface area contributed by atoms with Gasteiger partial charge in [-0.2, -0.15) is 4.98 Å². The summed E-state index contributed by atoms with van der Waals surface area (Å²) in [6.07, 6.45) is 0. The van der Waals surface area contributed by atoms with Crippen molar-refractivity contribution in [1.29, 1.82) is 0 Å². The molecule has 0 aliphatic rings. The van der Waals surface area contributed by atoms with E-state index in [1.165, 1.54) is 18.2 Å². The maximum atomic E-state index is 9.49. The van der Waals surface area contributed by atoms with Gasteiger partial charge in [0.25, 0.3) is 0 Å². The lowest BCUT2D eigenvalue weighted by Crippen LogP contribution is -1.82. The van der Waals surface area contributed by atoms with Gasteiger partial charge in [0.1, 0.15) is 17.1 Å². The van der Waals surface area contributed by atoms with Crippen LogP contribution < -0.4 is 0 Å². The summed E-state index contributed by atoms with van der Waals surface area (Å²) in [7, 11) is 0. The van der Waals surface area contributed by atoms with E-state index in [1.807, 2.05) is 0 Å².